The quantitative estimate of drug-likeness (QED) is 0.506. The number of thioether (sulfide) groups is 1. The van der Waals surface area contributed by atoms with Crippen LogP contribution in [0.4, 0.5) is 24.5 Å². The first kappa shape index (κ1) is 16.8. The van der Waals surface area contributed by atoms with Crippen molar-refractivity contribution in [1.82, 2.24) is 0 Å². The fraction of sp³-hybridized carbons (Fsp3) is 0.0714. The van der Waals surface area contributed by atoms with Crippen molar-refractivity contribution in [1.29, 1.82) is 0 Å². The van der Waals surface area contributed by atoms with Crippen LogP contribution >= 0.6 is 11.8 Å². The van der Waals surface area contributed by atoms with Gasteiger partial charge >= 0.3 is 5.51 Å². The minimum absolute atomic E-state index is 0.0376. The molecule has 0 aliphatic carbocycles. The van der Waals surface area contributed by atoms with Crippen LogP contribution in [0.3, 0.4) is 0 Å². The van der Waals surface area contributed by atoms with Gasteiger partial charge in [-0.25, -0.2) is 0 Å². The number of benzene rings is 2. The second-order valence-electron chi connectivity index (χ2n) is 4.33. The van der Waals surface area contributed by atoms with Crippen molar-refractivity contribution < 1.29 is 22.9 Å². The summed E-state index contributed by atoms with van der Waals surface area (Å²) in [6, 6.07) is 10.2. The van der Waals surface area contributed by atoms with Crippen LogP contribution in [0.5, 0.6) is 0 Å². The first-order valence-corrected chi connectivity index (χ1v) is 6.98. The predicted molar refractivity (Wildman–Crippen MR) is 79.4 cm³/mol. The van der Waals surface area contributed by atoms with Gasteiger partial charge in [-0.3, -0.25) is 14.9 Å². The molecule has 0 saturated heterocycles. The number of amides is 1. The van der Waals surface area contributed by atoms with Crippen LogP contribution in [0.15, 0.2) is 53.4 Å². The van der Waals surface area contributed by atoms with Gasteiger partial charge in [-0.1, -0.05) is 6.07 Å². The molecule has 120 valence electrons. The lowest BCUT2D eigenvalue weighted by molar-refractivity contribution is -0.384. The molecule has 0 aliphatic heterocycles. The van der Waals surface area contributed by atoms with E-state index in [2.05, 4.69) is 5.32 Å². The van der Waals surface area contributed by atoms with Gasteiger partial charge in [0.1, 0.15) is 0 Å². The zero-order valence-corrected chi connectivity index (χ0v) is 12.1. The number of nitrogens with zero attached hydrogens (tertiary/aromatic N) is 1. The van der Waals surface area contributed by atoms with E-state index in [1.54, 1.807) is 0 Å². The fourth-order valence-electron chi connectivity index (χ4n) is 1.71. The van der Waals surface area contributed by atoms with E-state index < -0.39 is 16.3 Å². The Balaban J connectivity index is 2.09. The molecule has 2 rings (SSSR count). The van der Waals surface area contributed by atoms with Crippen LogP contribution < -0.4 is 5.32 Å². The molecule has 0 unspecified atom stereocenters. The van der Waals surface area contributed by atoms with Gasteiger partial charge in [0.15, 0.2) is 0 Å². The number of anilines is 1. The zero-order valence-electron chi connectivity index (χ0n) is 11.3. The van der Waals surface area contributed by atoms with Gasteiger partial charge in [0.05, 0.1) is 4.92 Å². The molecular weight excluding hydrogens is 333 g/mol. The lowest BCUT2D eigenvalue weighted by atomic mass is 10.2. The Morgan fingerprint density at radius 2 is 1.78 bits per heavy atom. The molecule has 0 aromatic heterocycles. The maximum atomic E-state index is 12.2. The lowest BCUT2D eigenvalue weighted by Gasteiger charge is -2.07. The Morgan fingerprint density at radius 3 is 2.35 bits per heavy atom. The van der Waals surface area contributed by atoms with Crippen LogP contribution in [0.25, 0.3) is 0 Å². The van der Waals surface area contributed by atoms with E-state index in [4.69, 9.17) is 0 Å². The standard InChI is InChI=1S/C14H9F3N2O3S/c15-14(16,17)23-12-6-4-9(5-7-12)13(20)18-10-2-1-3-11(8-10)19(21)22/h1-8H,(H,18,20). The number of alkyl halides is 3. The Kier molecular flexibility index (Phi) is 4.89. The van der Waals surface area contributed by atoms with Crippen LogP contribution in [-0.4, -0.2) is 16.3 Å². The predicted octanol–water partition coefficient (Wildman–Crippen LogP) is 4.46. The minimum atomic E-state index is -4.40. The Bertz CT molecular complexity index is 733. The van der Waals surface area contributed by atoms with Crippen molar-refractivity contribution in [2.45, 2.75) is 10.4 Å². The van der Waals surface area contributed by atoms with Gasteiger partial charge in [-0.05, 0) is 42.1 Å². The van der Waals surface area contributed by atoms with Crippen molar-refractivity contribution in [3.8, 4) is 0 Å². The SMILES string of the molecule is O=C(Nc1cccc([N+](=O)[O-])c1)c1ccc(SC(F)(F)F)cc1. The molecule has 0 saturated carbocycles. The van der Waals surface area contributed by atoms with Crippen molar-refractivity contribution in [3.05, 3.63) is 64.2 Å². The molecule has 5 nitrogen and oxygen atoms in total. The summed E-state index contributed by atoms with van der Waals surface area (Å²) in [6.45, 7) is 0. The fourth-order valence-corrected chi connectivity index (χ4v) is 2.25. The largest absolute Gasteiger partial charge is 0.446 e. The van der Waals surface area contributed by atoms with Crippen molar-refractivity contribution in [3.63, 3.8) is 0 Å². The highest BCUT2D eigenvalue weighted by molar-refractivity contribution is 8.00. The highest BCUT2D eigenvalue weighted by atomic mass is 32.2. The highest BCUT2D eigenvalue weighted by Crippen LogP contribution is 2.36. The molecule has 2 aromatic rings. The highest BCUT2D eigenvalue weighted by Gasteiger charge is 2.29. The van der Waals surface area contributed by atoms with Gasteiger partial charge in [0.25, 0.3) is 11.6 Å². The normalized spacial score (nSPS) is 11.1. The number of nitro benzene ring substituents is 1. The number of non-ortho nitro benzene ring substituents is 1. The molecule has 0 spiro atoms. The number of hydrogen-bond acceptors (Lipinski definition) is 4. The first-order valence-electron chi connectivity index (χ1n) is 6.16. The Morgan fingerprint density at radius 1 is 1.13 bits per heavy atom. The number of halogens is 3. The van der Waals surface area contributed by atoms with Crippen molar-refractivity contribution in [2.24, 2.45) is 0 Å². The van der Waals surface area contributed by atoms with E-state index in [1.165, 1.54) is 48.5 Å². The van der Waals surface area contributed by atoms with E-state index in [-0.39, 0.29) is 33.6 Å². The molecule has 0 bridgehead atoms. The van der Waals surface area contributed by atoms with Gasteiger partial charge < -0.3 is 5.32 Å². The Hall–Kier alpha value is -2.55. The molecular formula is C14H9F3N2O3S. The van der Waals surface area contributed by atoms with Crippen LogP contribution in [0.1, 0.15) is 10.4 Å². The average Bonchev–Trinajstić information content (AvgIpc) is 2.46. The molecule has 0 atom stereocenters. The second-order valence-corrected chi connectivity index (χ2v) is 5.47. The van der Waals surface area contributed by atoms with Gasteiger partial charge in [0, 0.05) is 28.3 Å². The van der Waals surface area contributed by atoms with Crippen molar-refractivity contribution >= 4 is 29.0 Å². The molecule has 2 aromatic carbocycles. The zero-order chi connectivity index (χ0) is 17.0. The van der Waals surface area contributed by atoms with E-state index in [9.17, 15) is 28.1 Å². The molecule has 0 fully saturated rings. The molecule has 0 radical (unpaired) electrons. The third-order valence-electron chi connectivity index (χ3n) is 2.66. The summed E-state index contributed by atoms with van der Waals surface area (Å²) >= 11 is -0.276. The third-order valence-corrected chi connectivity index (χ3v) is 3.40. The number of nitrogens with one attached hydrogen (secondary N) is 1. The van der Waals surface area contributed by atoms with Crippen molar-refractivity contribution in [2.75, 3.05) is 5.32 Å². The summed E-state index contributed by atoms with van der Waals surface area (Å²) in [7, 11) is 0. The Labute approximate surface area is 132 Å². The molecule has 9 heteroatoms. The summed E-state index contributed by atoms with van der Waals surface area (Å²) in [5.74, 6) is -0.575. The summed E-state index contributed by atoms with van der Waals surface area (Å²) in [5.41, 5.74) is -4.21. The van der Waals surface area contributed by atoms with Gasteiger partial charge in [-0.2, -0.15) is 13.2 Å². The van der Waals surface area contributed by atoms with E-state index in [0.717, 1.165) is 0 Å². The first-order chi connectivity index (χ1) is 10.7. The smallest absolute Gasteiger partial charge is 0.322 e. The van der Waals surface area contributed by atoms with Gasteiger partial charge in [0.2, 0.25) is 0 Å². The van der Waals surface area contributed by atoms with Crippen LogP contribution in [-0.2, 0) is 0 Å². The number of carbonyl (C=O) groups excluding carboxylic acids is 1. The van der Waals surface area contributed by atoms with E-state index in [0.29, 0.717) is 0 Å². The topological polar surface area (TPSA) is 72.2 Å². The maximum absolute atomic E-state index is 12.2. The number of carbonyl (C=O) groups is 1. The summed E-state index contributed by atoms with van der Waals surface area (Å²) in [6.07, 6.45) is 0. The summed E-state index contributed by atoms with van der Waals surface area (Å²) in [5, 5.41) is 13.1. The molecule has 1 N–H and O–H groups in total. The number of hydrogen-bond donors (Lipinski definition) is 1. The monoisotopic (exact) mass is 342 g/mol. The van der Waals surface area contributed by atoms with Crippen LogP contribution in [0.2, 0.25) is 0 Å². The summed E-state index contributed by atoms with van der Waals surface area (Å²) in [4.78, 5) is 22.0. The number of rotatable bonds is 4. The van der Waals surface area contributed by atoms with E-state index >= 15 is 0 Å². The maximum Gasteiger partial charge on any atom is 0.446 e. The van der Waals surface area contributed by atoms with Gasteiger partial charge in [-0.15, -0.1) is 0 Å². The lowest BCUT2D eigenvalue weighted by Crippen LogP contribution is -2.11. The minimum Gasteiger partial charge on any atom is -0.322 e. The molecule has 0 aliphatic rings. The third kappa shape index (κ3) is 4.99. The average molecular weight is 342 g/mol. The number of nitro groups is 1. The van der Waals surface area contributed by atoms with E-state index in [1.807, 2.05) is 0 Å². The molecule has 0 heterocycles. The molecule has 23 heavy (non-hydrogen) atoms. The van der Waals surface area contributed by atoms with Crippen LogP contribution in [0, 0.1) is 10.1 Å². The summed E-state index contributed by atoms with van der Waals surface area (Å²) < 4.78 is 36.7. The second kappa shape index (κ2) is 6.69. The molecule has 1 amide bonds.